The summed E-state index contributed by atoms with van der Waals surface area (Å²) in [5.74, 6) is 0.609. The fourth-order valence-electron chi connectivity index (χ4n) is 3.95. The average molecular weight is 391 g/mol. The Morgan fingerprint density at radius 1 is 0.867 bits per heavy atom. The lowest BCUT2D eigenvalue weighted by Crippen LogP contribution is -2.22. The van der Waals surface area contributed by atoms with Gasteiger partial charge in [0.25, 0.3) is 5.56 Å². The van der Waals surface area contributed by atoms with E-state index in [1.807, 2.05) is 86.8 Å². The minimum atomic E-state index is -0.0660. The second-order valence-corrected chi connectivity index (χ2v) is 7.51. The van der Waals surface area contributed by atoms with Crippen LogP contribution in [0.25, 0.3) is 39.6 Å². The van der Waals surface area contributed by atoms with Crippen LogP contribution in [0.1, 0.15) is 17.0 Å². The maximum Gasteiger partial charge on any atom is 0.266 e. The smallest absolute Gasteiger partial charge is 0.266 e. The van der Waals surface area contributed by atoms with Gasteiger partial charge in [-0.1, -0.05) is 42.5 Å². The molecular weight excluding hydrogens is 370 g/mol. The first kappa shape index (κ1) is 18.1. The summed E-state index contributed by atoms with van der Waals surface area (Å²) in [6, 6.07) is 23.7. The Balaban J connectivity index is 1.74. The van der Waals surface area contributed by atoms with E-state index in [2.05, 4.69) is 22.9 Å². The van der Waals surface area contributed by atoms with Crippen molar-refractivity contribution in [1.82, 2.24) is 14.1 Å². The predicted octanol–water partition coefficient (Wildman–Crippen LogP) is 5.36. The number of hydrogen-bond donors (Lipinski definition) is 0. The normalized spacial score (nSPS) is 11.7. The molecular formula is C26H21N3O. The molecule has 146 valence electrons. The Labute approximate surface area is 174 Å². The van der Waals surface area contributed by atoms with Crippen molar-refractivity contribution < 1.29 is 0 Å². The van der Waals surface area contributed by atoms with Crippen LogP contribution in [-0.4, -0.2) is 14.1 Å². The highest BCUT2D eigenvalue weighted by atomic mass is 16.1. The monoisotopic (exact) mass is 391 g/mol. The largest absolute Gasteiger partial charge is 0.350 e. The minimum Gasteiger partial charge on any atom is -0.350 e. The minimum absolute atomic E-state index is 0.0660. The Hall–Kier alpha value is -3.92. The molecule has 0 atom stereocenters. The van der Waals surface area contributed by atoms with Gasteiger partial charge in [0.15, 0.2) is 0 Å². The van der Waals surface area contributed by atoms with E-state index in [4.69, 9.17) is 4.98 Å². The molecule has 0 aliphatic heterocycles. The van der Waals surface area contributed by atoms with Gasteiger partial charge in [-0.2, -0.15) is 0 Å². The Bertz CT molecular complexity index is 1490. The second-order valence-electron chi connectivity index (χ2n) is 7.51. The van der Waals surface area contributed by atoms with Gasteiger partial charge < -0.3 is 4.57 Å². The fourth-order valence-corrected chi connectivity index (χ4v) is 3.95. The van der Waals surface area contributed by atoms with Gasteiger partial charge in [0, 0.05) is 29.7 Å². The van der Waals surface area contributed by atoms with Crippen LogP contribution in [0, 0.1) is 6.92 Å². The van der Waals surface area contributed by atoms with Crippen molar-refractivity contribution in [1.29, 1.82) is 0 Å². The summed E-state index contributed by atoms with van der Waals surface area (Å²) in [6.45, 7) is 2.02. The van der Waals surface area contributed by atoms with E-state index in [0.717, 1.165) is 16.8 Å². The highest BCUT2D eigenvalue weighted by Gasteiger charge is 2.11. The number of benzene rings is 3. The van der Waals surface area contributed by atoms with Crippen LogP contribution >= 0.6 is 0 Å². The van der Waals surface area contributed by atoms with E-state index in [1.165, 1.54) is 10.9 Å². The molecule has 5 aromatic rings. The van der Waals surface area contributed by atoms with Crippen LogP contribution in [0.5, 0.6) is 0 Å². The summed E-state index contributed by atoms with van der Waals surface area (Å²) in [6.07, 6.45) is 6.06. The maximum atomic E-state index is 13.4. The molecule has 2 heterocycles. The third-order valence-corrected chi connectivity index (χ3v) is 5.40. The van der Waals surface area contributed by atoms with Gasteiger partial charge in [-0.15, -0.1) is 0 Å². The van der Waals surface area contributed by atoms with Crippen molar-refractivity contribution in [2.24, 2.45) is 7.05 Å². The summed E-state index contributed by atoms with van der Waals surface area (Å²) in [5.41, 5.74) is 4.80. The summed E-state index contributed by atoms with van der Waals surface area (Å²) < 4.78 is 3.80. The molecule has 0 saturated heterocycles. The van der Waals surface area contributed by atoms with Crippen LogP contribution in [-0.2, 0) is 7.05 Å². The first-order chi connectivity index (χ1) is 14.6. The molecule has 0 aliphatic rings. The number of aromatic nitrogens is 3. The SMILES string of the molecule is Cc1cccc(-n2c(/C=C/c3cn(C)c4ccccc34)nc3ccccc3c2=O)c1. The average Bonchev–Trinajstić information content (AvgIpc) is 3.08. The second kappa shape index (κ2) is 7.16. The van der Waals surface area contributed by atoms with Crippen molar-refractivity contribution in [3.8, 4) is 5.69 Å². The zero-order valence-corrected chi connectivity index (χ0v) is 16.9. The Kier molecular flexibility index (Phi) is 4.32. The van der Waals surface area contributed by atoms with Crippen LogP contribution in [0.4, 0.5) is 0 Å². The molecule has 0 radical (unpaired) electrons. The van der Waals surface area contributed by atoms with Gasteiger partial charge in [-0.25, -0.2) is 4.98 Å². The number of nitrogens with zero attached hydrogens (tertiary/aromatic N) is 3. The lowest BCUT2D eigenvalue weighted by Gasteiger charge is -2.12. The maximum absolute atomic E-state index is 13.4. The highest BCUT2D eigenvalue weighted by Crippen LogP contribution is 2.23. The quantitative estimate of drug-likeness (QED) is 0.416. The van der Waals surface area contributed by atoms with Crippen LogP contribution in [0.3, 0.4) is 0 Å². The van der Waals surface area contributed by atoms with Crippen LogP contribution in [0.15, 0.2) is 83.8 Å². The van der Waals surface area contributed by atoms with E-state index in [0.29, 0.717) is 16.7 Å². The van der Waals surface area contributed by atoms with Crippen molar-refractivity contribution in [2.75, 3.05) is 0 Å². The lowest BCUT2D eigenvalue weighted by molar-refractivity contribution is 0.942. The van der Waals surface area contributed by atoms with E-state index in [9.17, 15) is 4.79 Å². The van der Waals surface area contributed by atoms with Gasteiger partial charge in [-0.3, -0.25) is 9.36 Å². The number of aryl methyl sites for hydroxylation is 2. The molecule has 0 spiro atoms. The van der Waals surface area contributed by atoms with Crippen molar-refractivity contribution in [2.45, 2.75) is 6.92 Å². The van der Waals surface area contributed by atoms with Crippen LogP contribution in [0.2, 0.25) is 0 Å². The van der Waals surface area contributed by atoms with E-state index < -0.39 is 0 Å². The highest BCUT2D eigenvalue weighted by molar-refractivity contribution is 5.92. The standard InChI is InChI=1S/C26H21N3O/c1-18-8-7-9-20(16-18)29-25(27-23-12-5-3-11-22(23)26(29)30)15-14-19-17-28(2)24-13-6-4-10-21(19)24/h3-17H,1-2H3/b15-14+. The molecule has 0 unspecified atom stereocenters. The summed E-state index contributed by atoms with van der Waals surface area (Å²) >= 11 is 0. The van der Waals surface area contributed by atoms with E-state index >= 15 is 0 Å². The van der Waals surface area contributed by atoms with Crippen molar-refractivity contribution in [3.05, 3.63) is 106 Å². The Morgan fingerprint density at radius 2 is 1.63 bits per heavy atom. The van der Waals surface area contributed by atoms with E-state index in [1.54, 1.807) is 4.57 Å². The van der Waals surface area contributed by atoms with E-state index in [-0.39, 0.29) is 5.56 Å². The molecule has 0 fully saturated rings. The first-order valence-electron chi connectivity index (χ1n) is 9.93. The number of fused-ring (bicyclic) bond motifs is 2. The summed E-state index contributed by atoms with van der Waals surface area (Å²) in [7, 11) is 2.04. The van der Waals surface area contributed by atoms with Gasteiger partial charge in [-0.05, 0) is 55.0 Å². The summed E-state index contributed by atoms with van der Waals surface area (Å²) in [4.78, 5) is 18.2. The fraction of sp³-hybridized carbons (Fsp3) is 0.0769. The topological polar surface area (TPSA) is 39.8 Å². The Morgan fingerprint density at radius 3 is 2.47 bits per heavy atom. The third kappa shape index (κ3) is 3.03. The molecule has 0 N–H and O–H groups in total. The van der Waals surface area contributed by atoms with Crippen molar-refractivity contribution in [3.63, 3.8) is 0 Å². The first-order valence-corrected chi connectivity index (χ1v) is 9.93. The van der Waals surface area contributed by atoms with Crippen LogP contribution < -0.4 is 5.56 Å². The van der Waals surface area contributed by atoms with Gasteiger partial charge in [0.2, 0.25) is 0 Å². The molecule has 3 aromatic carbocycles. The molecule has 0 amide bonds. The molecule has 4 heteroatoms. The molecule has 4 nitrogen and oxygen atoms in total. The molecule has 0 saturated carbocycles. The number of para-hydroxylation sites is 2. The van der Waals surface area contributed by atoms with Gasteiger partial charge >= 0.3 is 0 Å². The van der Waals surface area contributed by atoms with Crippen molar-refractivity contribution >= 4 is 34.0 Å². The van der Waals surface area contributed by atoms with Gasteiger partial charge in [0.1, 0.15) is 5.82 Å². The molecule has 0 aliphatic carbocycles. The summed E-state index contributed by atoms with van der Waals surface area (Å²) in [5, 5.41) is 1.78. The molecule has 0 bridgehead atoms. The zero-order valence-electron chi connectivity index (χ0n) is 16.9. The predicted molar refractivity (Wildman–Crippen MR) is 124 cm³/mol. The molecule has 30 heavy (non-hydrogen) atoms. The molecule has 5 rings (SSSR count). The zero-order chi connectivity index (χ0) is 20.7. The van der Waals surface area contributed by atoms with Gasteiger partial charge in [0.05, 0.1) is 16.6 Å². The third-order valence-electron chi connectivity index (χ3n) is 5.40. The number of rotatable bonds is 3. The molecule has 2 aromatic heterocycles. The number of hydrogen-bond acceptors (Lipinski definition) is 2. The lowest BCUT2D eigenvalue weighted by atomic mass is 10.1.